The maximum absolute atomic E-state index is 12.2. The van der Waals surface area contributed by atoms with Gasteiger partial charge in [0, 0.05) is 28.3 Å². The van der Waals surface area contributed by atoms with E-state index in [2.05, 4.69) is 17.2 Å². The first-order valence-corrected chi connectivity index (χ1v) is 8.28. The van der Waals surface area contributed by atoms with E-state index in [1.165, 1.54) is 0 Å². The van der Waals surface area contributed by atoms with Crippen molar-refractivity contribution in [3.05, 3.63) is 106 Å². The molecule has 1 amide bonds. The van der Waals surface area contributed by atoms with E-state index in [0.717, 1.165) is 16.7 Å². The van der Waals surface area contributed by atoms with Crippen LogP contribution in [0, 0.1) is 11.8 Å². The normalized spacial score (nSPS) is 9.80. The summed E-state index contributed by atoms with van der Waals surface area (Å²) < 4.78 is 0. The van der Waals surface area contributed by atoms with Crippen molar-refractivity contribution in [3.8, 4) is 11.8 Å². The minimum absolute atomic E-state index is 0.123. The number of hydrogen-bond donors (Lipinski definition) is 1. The summed E-state index contributed by atoms with van der Waals surface area (Å²) in [6, 6.07) is 24.5. The van der Waals surface area contributed by atoms with Crippen LogP contribution in [0.1, 0.15) is 27.0 Å². The van der Waals surface area contributed by atoms with Gasteiger partial charge in [-0.1, -0.05) is 53.8 Å². The van der Waals surface area contributed by atoms with E-state index >= 15 is 0 Å². The molecule has 0 bridgehead atoms. The third kappa shape index (κ3) is 4.97. The van der Waals surface area contributed by atoms with Crippen molar-refractivity contribution < 1.29 is 4.79 Å². The van der Waals surface area contributed by atoms with Crippen LogP contribution in [0.2, 0.25) is 5.02 Å². The van der Waals surface area contributed by atoms with Gasteiger partial charge in [0.1, 0.15) is 0 Å². The summed E-state index contributed by atoms with van der Waals surface area (Å²) in [6.07, 6.45) is 0. The molecule has 2 nitrogen and oxygen atoms in total. The molecule has 0 heterocycles. The monoisotopic (exact) mass is 345 g/mol. The Labute approximate surface area is 152 Å². The highest BCUT2D eigenvalue weighted by atomic mass is 35.5. The van der Waals surface area contributed by atoms with E-state index in [4.69, 9.17) is 11.6 Å². The highest BCUT2D eigenvalue weighted by Gasteiger charge is 2.05. The van der Waals surface area contributed by atoms with Crippen molar-refractivity contribution in [1.29, 1.82) is 0 Å². The first-order valence-electron chi connectivity index (χ1n) is 7.90. The highest BCUT2D eigenvalue weighted by Crippen LogP contribution is 2.11. The number of benzene rings is 3. The average molecular weight is 346 g/mol. The smallest absolute Gasteiger partial charge is 0.251 e. The zero-order valence-electron chi connectivity index (χ0n) is 13.5. The lowest BCUT2D eigenvalue weighted by atomic mass is 10.1. The van der Waals surface area contributed by atoms with Crippen LogP contribution in [0.25, 0.3) is 0 Å². The second kappa shape index (κ2) is 8.19. The van der Waals surface area contributed by atoms with Crippen LogP contribution in [-0.2, 0) is 6.54 Å². The maximum Gasteiger partial charge on any atom is 0.251 e. The second-order valence-electron chi connectivity index (χ2n) is 5.51. The Hall–Kier alpha value is -3.02. The molecule has 0 unspecified atom stereocenters. The molecule has 3 aromatic carbocycles. The van der Waals surface area contributed by atoms with E-state index in [1.54, 1.807) is 12.1 Å². The molecule has 3 heteroatoms. The number of carbonyl (C=O) groups excluding carboxylic acids is 1. The standard InChI is InChI=1S/C22H16ClNO/c23-21-8-4-7-19(15-21)16-24-22(25)20-13-11-18(12-14-20)10-9-17-5-2-1-3-6-17/h1-8,11-15H,16H2,(H,24,25). The molecule has 3 aromatic rings. The van der Waals surface area contributed by atoms with Crippen LogP contribution in [0.4, 0.5) is 0 Å². The fourth-order valence-electron chi connectivity index (χ4n) is 2.30. The van der Waals surface area contributed by atoms with Crippen molar-refractivity contribution in [2.24, 2.45) is 0 Å². The van der Waals surface area contributed by atoms with Crippen LogP contribution in [-0.4, -0.2) is 5.91 Å². The lowest BCUT2D eigenvalue weighted by molar-refractivity contribution is 0.0951. The summed E-state index contributed by atoms with van der Waals surface area (Å²) in [4.78, 5) is 12.2. The first-order chi connectivity index (χ1) is 12.2. The Morgan fingerprint density at radius 2 is 1.52 bits per heavy atom. The van der Waals surface area contributed by atoms with Gasteiger partial charge in [-0.2, -0.15) is 0 Å². The van der Waals surface area contributed by atoms with Gasteiger partial charge in [-0.3, -0.25) is 4.79 Å². The molecule has 1 N–H and O–H groups in total. The van der Waals surface area contributed by atoms with E-state index in [-0.39, 0.29) is 5.91 Å². The van der Waals surface area contributed by atoms with Gasteiger partial charge in [-0.15, -0.1) is 0 Å². The van der Waals surface area contributed by atoms with E-state index < -0.39 is 0 Å². The summed E-state index contributed by atoms with van der Waals surface area (Å²) >= 11 is 5.94. The Bertz CT molecular complexity index is 921. The van der Waals surface area contributed by atoms with Crippen LogP contribution in [0.5, 0.6) is 0 Å². The van der Waals surface area contributed by atoms with Crippen molar-refractivity contribution in [1.82, 2.24) is 5.32 Å². The van der Waals surface area contributed by atoms with Crippen LogP contribution in [0.15, 0.2) is 78.9 Å². The molecular formula is C22H16ClNO. The zero-order chi connectivity index (χ0) is 17.5. The Balaban J connectivity index is 1.62. The van der Waals surface area contributed by atoms with Gasteiger partial charge in [0.25, 0.3) is 5.91 Å². The van der Waals surface area contributed by atoms with Gasteiger partial charge in [0.2, 0.25) is 0 Å². The lowest BCUT2D eigenvalue weighted by Gasteiger charge is -2.06. The van der Waals surface area contributed by atoms with E-state index in [9.17, 15) is 4.79 Å². The predicted molar refractivity (Wildman–Crippen MR) is 101 cm³/mol. The molecule has 0 aliphatic rings. The van der Waals surface area contributed by atoms with Crippen molar-refractivity contribution in [2.75, 3.05) is 0 Å². The molecule has 25 heavy (non-hydrogen) atoms. The van der Waals surface area contributed by atoms with Crippen LogP contribution >= 0.6 is 11.6 Å². The topological polar surface area (TPSA) is 29.1 Å². The number of carbonyl (C=O) groups is 1. The van der Waals surface area contributed by atoms with Gasteiger partial charge in [0.05, 0.1) is 0 Å². The van der Waals surface area contributed by atoms with Gasteiger partial charge in [-0.25, -0.2) is 0 Å². The average Bonchev–Trinajstić information content (AvgIpc) is 2.66. The fourth-order valence-corrected chi connectivity index (χ4v) is 2.51. The molecule has 0 radical (unpaired) electrons. The molecule has 0 aromatic heterocycles. The summed E-state index contributed by atoms with van der Waals surface area (Å²) in [5, 5.41) is 3.55. The molecule has 0 spiro atoms. The van der Waals surface area contributed by atoms with Crippen LogP contribution < -0.4 is 5.32 Å². The lowest BCUT2D eigenvalue weighted by Crippen LogP contribution is -2.22. The summed E-state index contributed by atoms with van der Waals surface area (Å²) in [5.74, 6) is 6.07. The van der Waals surface area contributed by atoms with Crippen molar-refractivity contribution >= 4 is 17.5 Å². The largest absolute Gasteiger partial charge is 0.348 e. The molecule has 0 saturated carbocycles. The molecule has 0 saturated heterocycles. The Morgan fingerprint density at radius 1 is 0.840 bits per heavy atom. The minimum Gasteiger partial charge on any atom is -0.348 e. The summed E-state index contributed by atoms with van der Waals surface area (Å²) in [7, 11) is 0. The summed E-state index contributed by atoms with van der Waals surface area (Å²) in [6.45, 7) is 0.439. The molecule has 122 valence electrons. The quantitative estimate of drug-likeness (QED) is 0.687. The number of nitrogens with one attached hydrogen (secondary N) is 1. The third-order valence-corrected chi connectivity index (χ3v) is 3.85. The number of hydrogen-bond acceptors (Lipinski definition) is 1. The molecule has 0 aliphatic carbocycles. The van der Waals surface area contributed by atoms with Gasteiger partial charge < -0.3 is 5.32 Å². The fraction of sp³-hybridized carbons (Fsp3) is 0.0455. The molecule has 0 atom stereocenters. The highest BCUT2D eigenvalue weighted by molar-refractivity contribution is 6.30. The number of amides is 1. The first kappa shape index (κ1) is 16.8. The Morgan fingerprint density at radius 3 is 2.20 bits per heavy atom. The van der Waals surface area contributed by atoms with Gasteiger partial charge >= 0.3 is 0 Å². The van der Waals surface area contributed by atoms with Gasteiger partial charge in [0.15, 0.2) is 0 Å². The molecule has 0 aliphatic heterocycles. The molecule has 3 rings (SSSR count). The third-order valence-electron chi connectivity index (χ3n) is 3.61. The summed E-state index contributed by atoms with van der Waals surface area (Å²) in [5.41, 5.74) is 3.40. The predicted octanol–water partition coefficient (Wildman–Crippen LogP) is 4.67. The maximum atomic E-state index is 12.2. The van der Waals surface area contributed by atoms with E-state index in [0.29, 0.717) is 17.1 Å². The minimum atomic E-state index is -0.123. The van der Waals surface area contributed by atoms with Crippen molar-refractivity contribution in [2.45, 2.75) is 6.54 Å². The van der Waals surface area contributed by atoms with Crippen molar-refractivity contribution in [3.63, 3.8) is 0 Å². The van der Waals surface area contributed by atoms with Gasteiger partial charge in [-0.05, 0) is 54.1 Å². The second-order valence-corrected chi connectivity index (χ2v) is 5.94. The van der Waals surface area contributed by atoms with E-state index in [1.807, 2.05) is 66.7 Å². The molecule has 0 fully saturated rings. The zero-order valence-corrected chi connectivity index (χ0v) is 14.3. The Kier molecular flexibility index (Phi) is 5.51. The number of rotatable bonds is 3. The number of halogens is 1. The van der Waals surface area contributed by atoms with Crippen LogP contribution in [0.3, 0.4) is 0 Å². The molecular weight excluding hydrogens is 330 g/mol. The SMILES string of the molecule is O=C(NCc1cccc(Cl)c1)c1ccc(C#Cc2ccccc2)cc1.